The van der Waals surface area contributed by atoms with Crippen LogP contribution in [0.15, 0.2) is 18.2 Å². The van der Waals surface area contributed by atoms with E-state index in [1.54, 1.807) is 0 Å². The molecule has 1 aromatic rings. The Morgan fingerprint density at radius 3 is 2.36 bits per heavy atom. The molecule has 0 aromatic heterocycles. The van der Waals surface area contributed by atoms with Gasteiger partial charge in [-0.25, -0.2) is 0 Å². The summed E-state index contributed by atoms with van der Waals surface area (Å²) in [5.74, 6) is 1.71. The van der Waals surface area contributed by atoms with Gasteiger partial charge in [-0.3, -0.25) is 0 Å². The predicted molar refractivity (Wildman–Crippen MR) is 57.8 cm³/mol. The molecule has 0 aliphatic carbocycles. The quantitative estimate of drug-likeness (QED) is 0.788. The largest absolute Gasteiger partial charge is 0.493 e. The van der Waals surface area contributed by atoms with Crippen LogP contribution in [-0.4, -0.2) is 19.7 Å². The summed E-state index contributed by atoms with van der Waals surface area (Å²) in [6.07, 6.45) is 0. The van der Waals surface area contributed by atoms with Gasteiger partial charge in [0.05, 0.1) is 6.61 Å². The second kappa shape index (κ2) is 4.01. The van der Waals surface area contributed by atoms with Crippen molar-refractivity contribution in [3.63, 3.8) is 0 Å². The zero-order chi connectivity index (χ0) is 9.97. The van der Waals surface area contributed by atoms with Crippen molar-refractivity contribution in [3.05, 3.63) is 29.3 Å². The van der Waals surface area contributed by atoms with Crippen LogP contribution < -0.4 is 10.1 Å². The van der Waals surface area contributed by atoms with E-state index in [0.717, 1.165) is 25.4 Å². The predicted octanol–water partition coefficient (Wildman–Crippen LogP) is 1.90. The third-order valence-electron chi connectivity index (χ3n) is 2.55. The summed E-state index contributed by atoms with van der Waals surface area (Å²) in [7, 11) is 0. The summed E-state index contributed by atoms with van der Waals surface area (Å²) in [6.45, 7) is 7.25. The van der Waals surface area contributed by atoms with Crippen LogP contribution >= 0.6 is 0 Å². The number of nitrogens with one attached hydrogen (secondary N) is 1. The molecule has 1 aliphatic heterocycles. The van der Waals surface area contributed by atoms with Crippen molar-refractivity contribution in [3.8, 4) is 5.75 Å². The first-order chi connectivity index (χ1) is 6.74. The Balaban J connectivity index is 1.94. The number of aryl methyl sites for hydroxylation is 2. The van der Waals surface area contributed by atoms with E-state index < -0.39 is 0 Å². The fraction of sp³-hybridized carbons (Fsp3) is 0.500. The van der Waals surface area contributed by atoms with Crippen molar-refractivity contribution in [1.29, 1.82) is 0 Å². The van der Waals surface area contributed by atoms with Gasteiger partial charge in [-0.15, -0.1) is 0 Å². The molecule has 1 saturated heterocycles. The monoisotopic (exact) mass is 191 g/mol. The van der Waals surface area contributed by atoms with E-state index in [-0.39, 0.29) is 0 Å². The van der Waals surface area contributed by atoms with Gasteiger partial charge in [-0.05, 0) is 37.1 Å². The summed E-state index contributed by atoms with van der Waals surface area (Å²) in [4.78, 5) is 0. The van der Waals surface area contributed by atoms with Crippen LogP contribution in [0.4, 0.5) is 0 Å². The topological polar surface area (TPSA) is 21.3 Å². The van der Waals surface area contributed by atoms with E-state index in [2.05, 4.69) is 37.4 Å². The molecular formula is C12H17NO. The lowest BCUT2D eigenvalue weighted by atomic mass is 10.1. The Morgan fingerprint density at radius 1 is 1.21 bits per heavy atom. The van der Waals surface area contributed by atoms with Crippen molar-refractivity contribution < 1.29 is 4.74 Å². The van der Waals surface area contributed by atoms with E-state index in [0.29, 0.717) is 5.92 Å². The third kappa shape index (κ3) is 2.26. The van der Waals surface area contributed by atoms with Gasteiger partial charge in [0, 0.05) is 19.0 Å². The normalized spacial score (nSPS) is 16.4. The van der Waals surface area contributed by atoms with Crippen LogP contribution in [0.2, 0.25) is 0 Å². The van der Waals surface area contributed by atoms with Gasteiger partial charge in [0.2, 0.25) is 0 Å². The standard InChI is InChI=1S/C12H17NO/c1-9-3-10(2)5-12(4-9)14-8-11-6-13-7-11/h3-5,11,13H,6-8H2,1-2H3. The number of benzene rings is 1. The molecule has 0 spiro atoms. The van der Waals surface area contributed by atoms with Crippen LogP contribution in [0.25, 0.3) is 0 Å². The first-order valence-electron chi connectivity index (χ1n) is 5.16. The smallest absolute Gasteiger partial charge is 0.119 e. The highest BCUT2D eigenvalue weighted by molar-refractivity contribution is 5.32. The van der Waals surface area contributed by atoms with Gasteiger partial charge >= 0.3 is 0 Å². The van der Waals surface area contributed by atoms with Crippen molar-refractivity contribution in [2.75, 3.05) is 19.7 Å². The molecule has 76 valence electrons. The first-order valence-corrected chi connectivity index (χ1v) is 5.16. The van der Waals surface area contributed by atoms with Gasteiger partial charge in [0.15, 0.2) is 0 Å². The number of ether oxygens (including phenoxy) is 1. The van der Waals surface area contributed by atoms with Crippen LogP contribution in [-0.2, 0) is 0 Å². The van der Waals surface area contributed by atoms with E-state index in [1.165, 1.54) is 11.1 Å². The zero-order valence-corrected chi connectivity index (χ0v) is 8.84. The summed E-state index contributed by atoms with van der Waals surface area (Å²) < 4.78 is 5.73. The lowest BCUT2D eigenvalue weighted by Gasteiger charge is -2.26. The Hall–Kier alpha value is -1.02. The molecule has 2 nitrogen and oxygen atoms in total. The van der Waals surface area contributed by atoms with Crippen LogP contribution in [0.5, 0.6) is 5.75 Å². The van der Waals surface area contributed by atoms with Crippen molar-refractivity contribution >= 4 is 0 Å². The van der Waals surface area contributed by atoms with Gasteiger partial charge < -0.3 is 10.1 Å². The Bertz CT molecular complexity index is 298. The van der Waals surface area contributed by atoms with Crippen LogP contribution in [0.3, 0.4) is 0 Å². The number of rotatable bonds is 3. The third-order valence-corrected chi connectivity index (χ3v) is 2.55. The SMILES string of the molecule is Cc1cc(C)cc(OCC2CNC2)c1. The lowest BCUT2D eigenvalue weighted by molar-refractivity contribution is 0.199. The second-order valence-corrected chi connectivity index (χ2v) is 4.16. The van der Waals surface area contributed by atoms with E-state index in [4.69, 9.17) is 4.74 Å². The molecule has 1 aliphatic rings. The fourth-order valence-corrected chi connectivity index (χ4v) is 1.70. The average Bonchev–Trinajstić information content (AvgIpc) is 1.99. The highest BCUT2D eigenvalue weighted by Crippen LogP contribution is 2.17. The summed E-state index contributed by atoms with van der Waals surface area (Å²) in [5, 5.41) is 3.24. The molecule has 0 atom stereocenters. The van der Waals surface area contributed by atoms with E-state index >= 15 is 0 Å². The maximum Gasteiger partial charge on any atom is 0.119 e. The highest BCUT2D eigenvalue weighted by Gasteiger charge is 2.16. The average molecular weight is 191 g/mol. The molecule has 14 heavy (non-hydrogen) atoms. The summed E-state index contributed by atoms with van der Waals surface area (Å²) in [5.41, 5.74) is 2.54. The minimum absolute atomic E-state index is 0.704. The molecule has 1 aromatic carbocycles. The second-order valence-electron chi connectivity index (χ2n) is 4.16. The molecule has 2 rings (SSSR count). The highest BCUT2D eigenvalue weighted by atomic mass is 16.5. The minimum Gasteiger partial charge on any atom is -0.493 e. The Morgan fingerprint density at radius 2 is 1.86 bits per heavy atom. The first kappa shape index (κ1) is 9.53. The molecule has 1 fully saturated rings. The molecule has 0 bridgehead atoms. The maximum atomic E-state index is 5.73. The van der Waals surface area contributed by atoms with Crippen LogP contribution in [0, 0.1) is 19.8 Å². The molecule has 0 amide bonds. The van der Waals surface area contributed by atoms with Crippen molar-refractivity contribution in [1.82, 2.24) is 5.32 Å². The maximum absolute atomic E-state index is 5.73. The zero-order valence-electron chi connectivity index (χ0n) is 8.84. The van der Waals surface area contributed by atoms with E-state index in [1.807, 2.05) is 0 Å². The lowest BCUT2D eigenvalue weighted by Crippen LogP contribution is -2.45. The van der Waals surface area contributed by atoms with Crippen molar-refractivity contribution in [2.45, 2.75) is 13.8 Å². The van der Waals surface area contributed by atoms with Crippen molar-refractivity contribution in [2.24, 2.45) is 5.92 Å². The molecule has 0 radical (unpaired) electrons. The molecule has 2 heteroatoms. The van der Waals surface area contributed by atoms with Crippen LogP contribution in [0.1, 0.15) is 11.1 Å². The Labute approximate surface area is 85.3 Å². The molecular weight excluding hydrogens is 174 g/mol. The number of hydrogen-bond donors (Lipinski definition) is 1. The summed E-state index contributed by atoms with van der Waals surface area (Å²) >= 11 is 0. The molecule has 1 heterocycles. The van der Waals surface area contributed by atoms with Gasteiger partial charge in [-0.1, -0.05) is 6.07 Å². The minimum atomic E-state index is 0.704. The molecule has 1 N–H and O–H groups in total. The van der Waals surface area contributed by atoms with E-state index in [9.17, 15) is 0 Å². The van der Waals surface area contributed by atoms with Gasteiger partial charge in [-0.2, -0.15) is 0 Å². The van der Waals surface area contributed by atoms with Gasteiger partial charge in [0.25, 0.3) is 0 Å². The Kier molecular flexibility index (Phi) is 2.73. The molecule has 0 saturated carbocycles. The fourth-order valence-electron chi connectivity index (χ4n) is 1.70. The molecule has 0 unspecified atom stereocenters. The summed E-state index contributed by atoms with van der Waals surface area (Å²) in [6, 6.07) is 6.36. The number of hydrogen-bond acceptors (Lipinski definition) is 2. The van der Waals surface area contributed by atoms with Gasteiger partial charge in [0.1, 0.15) is 5.75 Å².